The summed E-state index contributed by atoms with van der Waals surface area (Å²) in [5.74, 6) is 1.46. The molecule has 1 nitrogen and oxygen atoms in total. The molecule has 3 heterocycles. The molecule has 0 N–H and O–H groups in total. The maximum atomic E-state index is 4.37. The van der Waals surface area contributed by atoms with Crippen LogP contribution in [0, 0.1) is 12.8 Å². The molecule has 0 saturated carbocycles. The molecule has 1 aromatic rings. The van der Waals surface area contributed by atoms with Crippen LogP contribution in [0.25, 0.3) is 0 Å². The van der Waals surface area contributed by atoms with E-state index in [0.29, 0.717) is 0 Å². The molecule has 0 amide bonds. The summed E-state index contributed by atoms with van der Waals surface area (Å²) in [6, 6.07) is 10.9. The third-order valence-electron chi connectivity index (χ3n) is 5.43. The summed E-state index contributed by atoms with van der Waals surface area (Å²) < 4.78 is 0. The minimum Gasteiger partial charge on any atom is -0.293 e. The molecule has 18 heavy (non-hydrogen) atoms. The van der Waals surface area contributed by atoms with Gasteiger partial charge in [-0.2, -0.15) is 0 Å². The standard InChI is InChI=1S/C17H21N/c1-11-3-5-13(6-4-11)15-9-14-7-8-16-17(15)12(2)10-18(14)16/h3-6,14-17H,2,7-10H2,1H3/t14-,15?,16+,17-/m0/s1. The Kier molecular flexibility index (Phi) is 2.23. The van der Waals surface area contributed by atoms with Crippen molar-refractivity contribution in [1.82, 2.24) is 4.90 Å². The van der Waals surface area contributed by atoms with Crippen molar-refractivity contribution in [3.05, 3.63) is 47.5 Å². The molecule has 5 atom stereocenters. The van der Waals surface area contributed by atoms with E-state index in [1.165, 1.54) is 36.9 Å². The third-order valence-corrected chi connectivity index (χ3v) is 5.43. The van der Waals surface area contributed by atoms with Gasteiger partial charge in [0.15, 0.2) is 0 Å². The molecule has 3 aliphatic heterocycles. The van der Waals surface area contributed by atoms with Gasteiger partial charge in [0.25, 0.3) is 0 Å². The minimum absolute atomic E-state index is 0.728. The molecule has 0 aromatic heterocycles. The van der Waals surface area contributed by atoms with Gasteiger partial charge >= 0.3 is 0 Å². The van der Waals surface area contributed by atoms with E-state index >= 15 is 0 Å². The predicted molar refractivity (Wildman–Crippen MR) is 74.7 cm³/mol. The van der Waals surface area contributed by atoms with Crippen molar-refractivity contribution in [2.24, 2.45) is 5.92 Å². The van der Waals surface area contributed by atoms with Crippen LogP contribution in [-0.2, 0) is 0 Å². The van der Waals surface area contributed by atoms with E-state index in [-0.39, 0.29) is 0 Å². The summed E-state index contributed by atoms with van der Waals surface area (Å²) in [5, 5.41) is 0. The van der Waals surface area contributed by atoms with Gasteiger partial charge in [0.05, 0.1) is 0 Å². The highest BCUT2D eigenvalue weighted by Gasteiger charge is 2.52. The number of rotatable bonds is 1. The largest absolute Gasteiger partial charge is 0.293 e. The van der Waals surface area contributed by atoms with Crippen LogP contribution in [0.15, 0.2) is 36.4 Å². The van der Waals surface area contributed by atoms with Gasteiger partial charge in [0.1, 0.15) is 0 Å². The topological polar surface area (TPSA) is 3.24 Å². The summed E-state index contributed by atoms with van der Waals surface area (Å²) in [4.78, 5) is 2.73. The van der Waals surface area contributed by atoms with Crippen molar-refractivity contribution < 1.29 is 0 Å². The van der Waals surface area contributed by atoms with Crippen molar-refractivity contribution in [2.75, 3.05) is 6.54 Å². The highest BCUT2D eigenvalue weighted by atomic mass is 15.3. The maximum Gasteiger partial charge on any atom is 0.0199 e. The van der Waals surface area contributed by atoms with Crippen molar-refractivity contribution >= 4 is 0 Å². The SMILES string of the molecule is C=C1CN2[C@H]3CC[C@@H]2[C@@H]1C(c1ccc(C)cc1)C3. The minimum atomic E-state index is 0.728. The van der Waals surface area contributed by atoms with Crippen LogP contribution >= 0.6 is 0 Å². The summed E-state index contributed by atoms with van der Waals surface area (Å²) in [6.45, 7) is 7.71. The number of benzene rings is 1. The van der Waals surface area contributed by atoms with Crippen LogP contribution in [0.1, 0.15) is 36.3 Å². The lowest BCUT2D eigenvalue weighted by atomic mass is 9.76. The van der Waals surface area contributed by atoms with Gasteiger partial charge in [-0.1, -0.05) is 42.0 Å². The number of hydrogen-bond donors (Lipinski definition) is 0. The molecule has 1 aromatic carbocycles. The second-order valence-corrected chi connectivity index (χ2v) is 6.41. The fourth-order valence-electron chi connectivity index (χ4n) is 4.61. The number of hydrogen-bond acceptors (Lipinski definition) is 1. The van der Waals surface area contributed by atoms with E-state index in [0.717, 1.165) is 23.9 Å². The first-order valence-corrected chi connectivity index (χ1v) is 7.24. The van der Waals surface area contributed by atoms with Crippen LogP contribution in [0.3, 0.4) is 0 Å². The van der Waals surface area contributed by atoms with Gasteiger partial charge in [-0.05, 0) is 37.7 Å². The van der Waals surface area contributed by atoms with E-state index in [1.54, 1.807) is 5.56 Å². The Balaban J connectivity index is 1.73. The summed E-state index contributed by atoms with van der Waals surface area (Å²) in [5.41, 5.74) is 4.40. The molecule has 0 aliphatic carbocycles. The van der Waals surface area contributed by atoms with Crippen molar-refractivity contribution in [3.8, 4) is 0 Å². The Hall–Kier alpha value is -1.08. The summed E-state index contributed by atoms with van der Waals surface area (Å²) in [7, 11) is 0. The van der Waals surface area contributed by atoms with Crippen molar-refractivity contribution in [3.63, 3.8) is 0 Å². The average Bonchev–Trinajstić information content (AvgIpc) is 2.76. The van der Waals surface area contributed by atoms with E-state index in [4.69, 9.17) is 0 Å². The smallest absolute Gasteiger partial charge is 0.0199 e. The van der Waals surface area contributed by atoms with Gasteiger partial charge in [-0.15, -0.1) is 0 Å². The maximum absolute atomic E-state index is 4.37. The monoisotopic (exact) mass is 239 g/mol. The Morgan fingerprint density at radius 2 is 1.94 bits per heavy atom. The first-order chi connectivity index (χ1) is 8.74. The van der Waals surface area contributed by atoms with Crippen LogP contribution in [0.4, 0.5) is 0 Å². The molecular formula is C17H21N. The van der Waals surface area contributed by atoms with E-state index in [9.17, 15) is 0 Å². The lowest BCUT2D eigenvalue weighted by molar-refractivity contribution is 0.154. The van der Waals surface area contributed by atoms with Gasteiger partial charge in [-0.25, -0.2) is 0 Å². The average molecular weight is 239 g/mol. The zero-order valence-electron chi connectivity index (χ0n) is 11.1. The van der Waals surface area contributed by atoms with E-state index in [2.05, 4.69) is 42.7 Å². The molecule has 4 bridgehead atoms. The Labute approximate surface area is 109 Å². The predicted octanol–water partition coefficient (Wildman–Crippen LogP) is 3.50. The van der Waals surface area contributed by atoms with Gasteiger partial charge in [0, 0.05) is 24.5 Å². The Bertz CT molecular complexity index is 487. The van der Waals surface area contributed by atoms with Crippen molar-refractivity contribution in [1.29, 1.82) is 0 Å². The molecular weight excluding hydrogens is 218 g/mol. The van der Waals surface area contributed by atoms with E-state index < -0.39 is 0 Å². The highest BCUT2D eigenvalue weighted by molar-refractivity contribution is 5.33. The fourth-order valence-corrected chi connectivity index (χ4v) is 4.61. The molecule has 94 valence electrons. The normalized spacial score (nSPS) is 41.4. The number of piperidine rings is 1. The highest BCUT2D eigenvalue weighted by Crippen LogP contribution is 2.53. The first kappa shape index (κ1) is 10.8. The van der Waals surface area contributed by atoms with Crippen LogP contribution in [0.2, 0.25) is 0 Å². The molecule has 0 spiro atoms. The Morgan fingerprint density at radius 1 is 1.17 bits per heavy atom. The molecule has 3 fully saturated rings. The second kappa shape index (κ2) is 3.71. The summed E-state index contributed by atoms with van der Waals surface area (Å²) in [6.07, 6.45) is 4.16. The fraction of sp³-hybridized carbons (Fsp3) is 0.529. The molecule has 0 radical (unpaired) electrons. The van der Waals surface area contributed by atoms with Crippen molar-refractivity contribution in [2.45, 2.75) is 44.2 Å². The Morgan fingerprint density at radius 3 is 2.72 bits per heavy atom. The number of aryl methyl sites for hydroxylation is 1. The van der Waals surface area contributed by atoms with Gasteiger partial charge in [-0.3, -0.25) is 4.90 Å². The lowest BCUT2D eigenvalue weighted by Gasteiger charge is -2.37. The molecule has 1 heteroatoms. The molecule has 3 saturated heterocycles. The number of nitrogens with zero attached hydrogens (tertiary/aromatic N) is 1. The van der Waals surface area contributed by atoms with E-state index in [1.807, 2.05) is 0 Å². The molecule has 4 rings (SSSR count). The second-order valence-electron chi connectivity index (χ2n) is 6.41. The zero-order chi connectivity index (χ0) is 12.3. The van der Waals surface area contributed by atoms with Gasteiger partial charge in [0.2, 0.25) is 0 Å². The third kappa shape index (κ3) is 1.37. The van der Waals surface area contributed by atoms with Crippen LogP contribution in [0.5, 0.6) is 0 Å². The lowest BCUT2D eigenvalue weighted by Crippen LogP contribution is -2.40. The van der Waals surface area contributed by atoms with Crippen LogP contribution in [-0.4, -0.2) is 23.5 Å². The molecule has 3 aliphatic rings. The first-order valence-electron chi connectivity index (χ1n) is 7.24. The quantitative estimate of drug-likeness (QED) is 0.678. The van der Waals surface area contributed by atoms with Gasteiger partial charge < -0.3 is 0 Å². The molecule has 2 unspecified atom stereocenters. The summed E-state index contributed by atoms with van der Waals surface area (Å²) >= 11 is 0. The zero-order valence-corrected chi connectivity index (χ0v) is 11.1. The van der Waals surface area contributed by atoms with Crippen LogP contribution < -0.4 is 0 Å².